The molecule has 1 atom stereocenters. The van der Waals surface area contributed by atoms with Crippen LogP contribution in [0.25, 0.3) is 5.76 Å². The van der Waals surface area contributed by atoms with E-state index in [1.54, 1.807) is 30.3 Å². The minimum atomic E-state index is -0.829. The van der Waals surface area contributed by atoms with Crippen molar-refractivity contribution in [2.24, 2.45) is 0 Å². The summed E-state index contributed by atoms with van der Waals surface area (Å²) in [4.78, 5) is 27.4. The smallest absolute Gasteiger partial charge is 0.295 e. The number of halogens is 1. The first kappa shape index (κ1) is 23.7. The van der Waals surface area contributed by atoms with Gasteiger partial charge in [-0.15, -0.1) is 0 Å². The van der Waals surface area contributed by atoms with Crippen molar-refractivity contribution in [1.29, 1.82) is 0 Å². The fourth-order valence-corrected chi connectivity index (χ4v) is 4.38. The average Bonchev–Trinajstić information content (AvgIpc) is 3.03. The molecule has 1 unspecified atom stereocenters. The molecule has 8 heteroatoms. The van der Waals surface area contributed by atoms with Crippen LogP contribution in [0.4, 0.5) is 0 Å². The van der Waals surface area contributed by atoms with Crippen LogP contribution in [0.3, 0.4) is 0 Å². The molecule has 1 aliphatic heterocycles. The number of Topliss-reactive ketones (excluding diaryl/α,β-unsaturated/α-hetero) is 1. The molecule has 1 saturated heterocycles. The van der Waals surface area contributed by atoms with Gasteiger partial charge >= 0.3 is 0 Å². The summed E-state index contributed by atoms with van der Waals surface area (Å²) in [6.45, 7) is 2.41. The molecule has 1 amide bonds. The Morgan fingerprint density at radius 1 is 1.06 bits per heavy atom. The van der Waals surface area contributed by atoms with Crippen molar-refractivity contribution in [2.45, 2.75) is 32.2 Å². The molecule has 0 aromatic heterocycles. The van der Waals surface area contributed by atoms with E-state index in [1.807, 2.05) is 0 Å². The zero-order chi connectivity index (χ0) is 23.4. The molecule has 170 valence electrons. The van der Waals surface area contributed by atoms with Gasteiger partial charge in [0.25, 0.3) is 11.7 Å². The van der Waals surface area contributed by atoms with Crippen molar-refractivity contribution < 1.29 is 29.3 Å². The number of ketones is 1. The van der Waals surface area contributed by atoms with Gasteiger partial charge in [0.15, 0.2) is 11.5 Å². The van der Waals surface area contributed by atoms with Gasteiger partial charge < -0.3 is 24.6 Å². The second-order valence-corrected chi connectivity index (χ2v) is 8.33. The van der Waals surface area contributed by atoms with Gasteiger partial charge in [0, 0.05) is 12.1 Å². The number of hydrogen-bond donors (Lipinski definition) is 2. The molecule has 1 fully saturated rings. The van der Waals surface area contributed by atoms with Crippen LogP contribution in [0.5, 0.6) is 17.2 Å². The molecule has 3 rings (SSSR count). The normalized spacial score (nSPS) is 17.6. The van der Waals surface area contributed by atoms with Gasteiger partial charge in [-0.1, -0.05) is 25.8 Å². The van der Waals surface area contributed by atoms with E-state index in [1.165, 1.54) is 25.2 Å². The molecule has 0 radical (unpaired) electrons. The molecule has 1 heterocycles. The quantitative estimate of drug-likeness (QED) is 0.233. The number of methoxy groups -OCH3 is 2. The first-order chi connectivity index (χ1) is 15.3. The number of phenolic OH excluding ortho intramolecular Hbond substituents is 1. The molecule has 0 spiro atoms. The molecule has 0 aliphatic carbocycles. The summed E-state index contributed by atoms with van der Waals surface area (Å²) in [5.41, 5.74) is 0.855. The Morgan fingerprint density at radius 2 is 1.75 bits per heavy atom. The fourth-order valence-electron chi connectivity index (χ4n) is 3.84. The highest BCUT2D eigenvalue weighted by molar-refractivity contribution is 9.10. The molecule has 0 saturated carbocycles. The minimum Gasteiger partial charge on any atom is -0.507 e. The topological polar surface area (TPSA) is 96.3 Å². The third-order valence-corrected chi connectivity index (χ3v) is 6.11. The lowest BCUT2D eigenvalue weighted by Gasteiger charge is -2.25. The number of unbranched alkanes of at least 4 members (excludes halogenated alkanes) is 2. The van der Waals surface area contributed by atoms with Crippen LogP contribution >= 0.6 is 15.9 Å². The molecule has 2 aromatic carbocycles. The SMILES string of the molecule is CCCCCN1C(=O)C(=O)/C(=C(\O)c2ccc(OC)c(Br)c2)C1c1ccc(OC)c(O)c1. The summed E-state index contributed by atoms with van der Waals surface area (Å²) in [5.74, 6) is -0.989. The Hall–Kier alpha value is -3.00. The molecule has 2 aromatic rings. The number of likely N-dealkylation sites (tertiary alicyclic amines) is 1. The van der Waals surface area contributed by atoms with Gasteiger partial charge in [-0.2, -0.15) is 0 Å². The van der Waals surface area contributed by atoms with E-state index in [0.717, 1.165) is 19.3 Å². The van der Waals surface area contributed by atoms with Crippen molar-refractivity contribution in [2.75, 3.05) is 20.8 Å². The van der Waals surface area contributed by atoms with E-state index in [-0.39, 0.29) is 22.8 Å². The van der Waals surface area contributed by atoms with Gasteiger partial charge in [0.2, 0.25) is 0 Å². The van der Waals surface area contributed by atoms with E-state index in [4.69, 9.17) is 9.47 Å². The number of ether oxygens (including phenoxy) is 2. The largest absolute Gasteiger partial charge is 0.507 e. The van der Waals surface area contributed by atoms with Crippen LogP contribution in [0.1, 0.15) is 43.4 Å². The summed E-state index contributed by atoms with van der Waals surface area (Å²) in [6.07, 6.45) is 2.57. The monoisotopic (exact) mass is 503 g/mol. The second kappa shape index (κ2) is 10.1. The number of benzene rings is 2. The third-order valence-electron chi connectivity index (χ3n) is 5.49. The summed E-state index contributed by atoms with van der Waals surface area (Å²) in [6, 6.07) is 8.78. The second-order valence-electron chi connectivity index (χ2n) is 7.48. The molecular weight excluding hydrogens is 478 g/mol. The van der Waals surface area contributed by atoms with Crippen molar-refractivity contribution in [3.8, 4) is 17.2 Å². The van der Waals surface area contributed by atoms with E-state index < -0.39 is 17.7 Å². The highest BCUT2D eigenvalue weighted by Gasteiger charge is 2.46. The summed E-state index contributed by atoms with van der Waals surface area (Å²) < 4.78 is 10.9. The van der Waals surface area contributed by atoms with Crippen LogP contribution in [0.2, 0.25) is 0 Å². The number of carbonyl (C=O) groups excluding carboxylic acids is 2. The van der Waals surface area contributed by atoms with Crippen molar-refractivity contribution in [3.63, 3.8) is 0 Å². The van der Waals surface area contributed by atoms with Gasteiger partial charge in [-0.25, -0.2) is 0 Å². The van der Waals surface area contributed by atoms with Crippen LogP contribution in [0.15, 0.2) is 46.4 Å². The maximum atomic E-state index is 13.0. The lowest BCUT2D eigenvalue weighted by atomic mass is 9.95. The Bertz CT molecular complexity index is 1060. The number of nitrogens with zero attached hydrogens (tertiary/aromatic N) is 1. The molecule has 7 nitrogen and oxygen atoms in total. The van der Waals surface area contributed by atoms with E-state index in [9.17, 15) is 19.8 Å². The Labute approximate surface area is 195 Å². The van der Waals surface area contributed by atoms with Crippen molar-refractivity contribution >= 4 is 33.4 Å². The number of carbonyl (C=O) groups is 2. The molecule has 32 heavy (non-hydrogen) atoms. The summed E-state index contributed by atoms with van der Waals surface area (Å²) >= 11 is 3.38. The van der Waals surface area contributed by atoms with Crippen molar-refractivity contribution in [1.82, 2.24) is 4.90 Å². The van der Waals surface area contributed by atoms with Gasteiger partial charge in [0.1, 0.15) is 11.5 Å². The average molecular weight is 504 g/mol. The number of hydrogen-bond acceptors (Lipinski definition) is 6. The van der Waals surface area contributed by atoms with Crippen LogP contribution in [0, 0.1) is 0 Å². The van der Waals surface area contributed by atoms with Crippen molar-refractivity contribution in [3.05, 3.63) is 57.6 Å². The highest BCUT2D eigenvalue weighted by atomic mass is 79.9. The first-order valence-electron chi connectivity index (χ1n) is 10.3. The predicted octanol–water partition coefficient (Wildman–Crippen LogP) is 4.78. The zero-order valence-corrected chi connectivity index (χ0v) is 19.8. The maximum absolute atomic E-state index is 13.0. The Morgan fingerprint density at radius 3 is 2.34 bits per heavy atom. The van der Waals surface area contributed by atoms with Crippen LogP contribution < -0.4 is 9.47 Å². The minimum absolute atomic E-state index is 0.0202. The predicted molar refractivity (Wildman–Crippen MR) is 124 cm³/mol. The number of aliphatic hydroxyl groups is 1. The van der Waals surface area contributed by atoms with Gasteiger partial charge in [-0.05, 0) is 58.2 Å². The number of amides is 1. The fraction of sp³-hybridized carbons (Fsp3) is 0.333. The van der Waals surface area contributed by atoms with Crippen LogP contribution in [-0.4, -0.2) is 47.6 Å². The molecule has 1 aliphatic rings. The van der Waals surface area contributed by atoms with Crippen LogP contribution in [-0.2, 0) is 9.59 Å². The molecule has 2 N–H and O–H groups in total. The molecule has 0 bridgehead atoms. The van der Waals surface area contributed by atoms with Gasteiger partial charge in [-0.3, -0.25) is 9.59 Å². The number of phenols is 1. The Kier molecular flexibility index (Phi) is 7.45. The number of aliphatic hydroxyl groups excluding tert-OH is 1. The number of rotatable bonds is 8. The standard InChI is InChI=1S/C24H26BrNO6/c1-4-5-6-11-26-21(14-7-10-19(32-3)17(27)13-14)20(23(29)24(26)30)22(28)15-8-9-18(31-2)16(25)12-15/h7-10,12-13,21,27-28H,4-6,11H2,1-3H3/b22-20-. The van der Waals surface area contributed by atoms with E-state index in [0.29, 0.717) is 27.9 Å². The summed E-state index contributed by atoms with van der Waals surface area (Å²) in [7, 11) is 2.96. The molecular formula is C24H26BrNO6. The lowest BCUT2D eigenvalue weighted by Crippen LogP contribution is -2.30. The lowest BCUT2D eigenvalue weighted by molar-refractivity contribution is -0.139. The zero-order valence-electron chi connectivity index (χ0n) is 18.2. The van der Waals surface area contributed by atoms with E-state index in [2.05, 4.69) is 22.9 Å². The highest BCUT2D eigenvalue weighted by Crippen LogP contribution is 2.42. The maximum Gasteiger partial charge on any atom is 0.295 e. The third kappa shape index (κ3) is 4.46. The van der Waals surface area contributed by atoms with E-state index >= 15 is 0 Å². The van der Waals surface area contributed by atoms with Gasteiger partial charge in [0.05, 0.1) is 30.3 Å². The Balaban J connectivity index is 2.15. The number of aromatic hydroxyl groups is 1. The summed E-state index contributed by atoms with van der Waals surface area (Å²) in [5, 5.41) is 21.4. The first-order valence-corrected chi connectivity index (χ1v) is 11.1.